The third-order valence-corrected chi connectivity index (χ3v) is 6.04. The number of anilines is 1. The fourth-order valence-corrected chi connectivity index (χ4v) is 4.19. The lowest BCUT2D eigenvalue weighted by atomic mass is 10.0. The van der Waals surface area contributed by atoms with E-state index in [-0.39, 0.29) is 23.2 Å². The summed E-state index contributed by atoms with van der Waals surface area (Å²) in [5.41, 5.74) is 8.50. The van der Waals surface area contributed by atoms with Gasteiger partial charge in [-0.3, -0.25) is 9.78 Å². The molecule has 0 radical (unpaired) electrons. The Hall–Kier alpha value is -2.74. The van der Waals surface area contributed by atoms with Gasteiger partial charge in [0.2, 0.25) is 0 Å². The Labute approximate surface area is 180 Å². The van der Waals surface area contributed by atoms with Crippen molar-refractivity contribution >= 4 is 11.6 Å². The van der Waals surface area contributed by atoms with Gasteiger partial charge in [-0.1, -0.05) is 12.1 Å². The average Bonchev–Trinajstić information content (AvgIpc) is 3.50. The summed E-state index contributed by atoms with van der Waals surface area (Å²) in [6, 6.07) is 6.55. The molecule has 8 heteroatoms. The van der Waals surface area contributed by atoms with Crippen LogP contribution in [0, 0.1) is 5.92 Å². The monoisotopic (exact) mass is 430 g/mol. The number of nitrogens with zero attached hydrogens (tertiary/aromatic N) is 2. The van der Waals surface area contributed by atoms with Crippen LogP contribution in [0.25, 0.3) is 11.1 Å². The standard InChI is InChI=1S/C23H28F2N4O2/c1-14(15-6-7-15)28-21(30)19-12-27-11-18(20(19)29-9-8-23(2,26)13-29)16-4-3-5-17(10-16)31-22(24)25/h3-5,10-12,14-15,22H,6-9,13,26H2,1-2H3,(H,28,30)/t14-,23-/m0/s1. The van der Waals surface area contributed by atoms with E-state index in [4.69, 9.17) is 5.73 Å². The van der Waals surface area contributed by atoms with Crippen LogP contribution < -0.4 is 20.7 Å². The Balaban J connectivity index is 1.75. The summed E-state index contributed by atoms with van der Waals surface area (Å²) in [6.45, 7) is 2.36. The van der Waals surface area contributed by atoms with Crippen molar-refractivity contribution in [3.05, 3.63) is 42.2 Å². The third kappa shape index (κ3) is 4.95. The summed E-state index contributed by atoms with van der Waals surface area (Å²) in [4.78, 5) is 19.6. The molecule has 2 fully saturated rings. The molecule has 2 aromatic rings. The predicted octanol–water partition coefficient (Wildman–Crippen LogP) is 3.81. The SMILES string of the molecule is C[C@H](NC(=O)c1cncc(-c2cccc(OC(F)F)c2)c1N1CC[C@](C)(N)C1)C1CC1. The minimum absolute atomic E-state index is 0.0562. The fraction of sp³-hybridized carbons (Fsp3) is 0.478. The van der Waals surface area contributed by atoms with E-state index in [0.29, 0.717) is 35.7 Å². The molecule has 1 aliphatic carbocycles. The Morgan fingerprint density at radius 1 is 1.35 bits per heavy atom. The summed E-state index contributed by atoms with van der Waals surface area (Å²) >= 11 is 0. The first-order chi connectivity index (χ1) is 14.7. The molecule has 3 N–H and O–H groups in total. The zero-order valence-corrected chi connectivity index (χ0v) is 17.8. The third-order valence-electron chi connectivity index (χ3n) is 6.04. The van der Waals surface area contributed by atoms with Crippen LogP contribution in [-0.2, 0) is 0 Å². The van der Waals surface area contributed by atoms with E-state index in [1.54, 1.807) is 30.6 Å². The molecular formula is C23H28F2N4O2. The number of pyridine rings is 1. The topological polar surface area (TPSA) is 80.5 Å². The van der Waals surface area contributed by atoms with Crippen LogP contribution >= 0.6 is 0 Å². The van der Waals surface area contributed by atoms with Gasteiger partial charge in [0.1, 0.15) is 5.75 Å². The summed E-state index contributed by atoms with van der Waals surface area (Å²) in [7, 11) is 0. The molecule has 1 aliphatic heterocycles. The Morgan fingerprint density at radius 2 is 2.13 bits per heavy atom. The van der Waals surface area contributed by atoms with Gasteiger partial charge in [-0.25, -0.2) is 0 Å². The first kappa shape index (κ1) is 21.5. The number of nitrogens with two attached hydrogens (primary N) is 1. The van der Waals surface area contributed by atoms with Gasteiger partial charge < -0.3 is 20.7 Å². The highest BCUT2D eigenvalue weighted by Crippen LogP contribution is 2.38. The van der Waals surface area contributed by atoms with E-state index in [1.165, 1.54) is 6.07 Å². The summed E-state index contributed by atoms with van der Waals surface area (Å²) < 4.78 is 30.0. The minimum atomic E-state index is -2.91. The van der Waals surface area contributed by atoms with Crippen LogP contribution in [0.5, 0.6) is 5.75 Å². The van der Waals surface area contributed by atoms with E-state index in [9.17, 15) is 13.6 Å². The lowest BCUT2D eigenvalue weighted by Gasteiger charge is -2.27. The Kier molecular flexibility index (Phi) is 5.83. The number of alkyl halides is 2. The first-order valence-electron chi connectivity index (χ1n) is 10.6. The van der Waals surface area contributed by atoms with Gasteiger partial charge in [0.25, 0.3) is 5.91 Å². The van der Waals surface area contributed by atoms with Crippen molar-refractivity contribution in [3.63, 3.8) is 0 Å². The number of nitrogens with one attached hydrogen (secondary N) is 1. The first-order valence-corrected chi connectivity index (χ1v) is 10.6. The van der Waals surface area contributed by atoms with Crippen molar-refractivity contribution in [2.45, 2.75) is 51.3 Å². The minimum Gasteiger partial charge on any atom is -0.435 e. The molecule has 2 aliphatic rings. The molecule has 0 bridgehead atoms. The van der Waals surface area contributed by atoms with E-state index < -0.39 is 6.61 Å². The van der Waals surface area contributed by atoms with Crippen LogP contribution in [0.15, 0.2) is 36.7 Å². The van der Waals surface area contributed by atoms with Crippen molar-refractivity contribution in [1.29, 1.82) is 0 Å². The number of aromatic nitrogens is 1. The molecule has 31 heavy (non-hydrogen) atoms. The van der Waals surface area contributed by atoms with Gasteiger partial charge >= 0.3 is 6.61 Å². The number of halogens is 2. The van der Waals surface area contributed by atoms with Gasteiger partial charge in [-0.2, -0.15) is 8.78 Å². The molecule has 2 heterocycles. The molecule has 0 spiro atoms. The Morgan fingerprint density at radius 3 is 2.77 bits per heavy atom. The summed E-state index contributed by atoms with van der Waals surface area (Å²) in [6.07, 6.45) is 6.26. The second-order valence-electron chi connectivity index (χ2n) is 8.91. The molecule has 2 atom stereocenters. The lowest BCUT2D eigenvalue weighted by Crippen LogP contribution is -2.40. The van der Waals surface area contributed by atoms with Crippen LogP contribution in [0.3, 0.4) is 0 Å². The zero-order chi connectivity index (χ0) is 22.2. The maximum absolute atomic E-state index is 13.2. The van der Waals surface area contributed by atoms with Crippen molar-refractivity contribution in [1.82, 2.24) is 10.3 Å². The quantitative estimate of drug-likeness (QED) is 0.698. The van der Waals surface area contributed by atoms with Gasteiger partial charge in [0.15, 0.2) is 0 Å². The van der Waals surface area contributed by atoms with Gasteiger partial charge in [-0.15, -0.1) is 0 Å². The van der Waals surface area contributed by atoms with E-state index in [2.05, 4.69) is 19.9 Å². The number of carbonyl (C=O) groups excluding carboxylic acids is 1. The smallest absolute Gasteiger partial charge is 0.387 e. The van der Waals surface area contributed by atoms with E-state index in [1.807, 2.05) is 13.8 Å². The molecular weight excluding hydrogens is 402 g/mol. The number of hydrogen-bond donors (Lipinski definition) is 2. The van der Waals surface area contributed by atoms with Crippen molar-refractivity contribution in [2.75, 3.05) is 18.0 Å². The predicted molar refractivity (Wildman–Crippen MR) is 115 cm³/mol. The number of hydrogen-bond acceptors (Lipinski definition) is 5. The molecule has 0 unspecified atom stereocenters. The summed E-state index contributed by atoms with van der Waals surface area (Å²) in [5, 5.41) is 3.10. The molecule has 6 nitrogen and oxygen atoms in total. The highest BCUT2D eigenvalue weighted by molar-refractivity contribution is 6.03. The molecule has 1 saturated carbocycles. The highest BCUT2D eigenvalue weighted by atomic mass is 19.3. The number of benzene rings is 1. The van der Waals surface area contributed by atoms with Crippen LogP contribution in [-0.4, -0.2) is 42.2 Å². The molecule has 1 amide bonds. The van der Waals surface area contributed by atoms with Crippen LogP contribution in [0.1, 0.15) is 43.5 Å². The van der Waals surface area contributed by atoms with Crippen LogP contribution in [0.4, 0.5) is 14.5 Å². The van der Waals surface area contributed by atoms with E-state index in [0.717, 1.165) is 24.9 Å². The molecule has 1 saturated heterocycles. The molecule has 166 valence electrons. The van der Waals surface area contributed by atoms with Crippen molar-refractivity contribution in [2.24, 2.45) is 11.7 Å². The zero-order valence-electron chi connectivity index (χ0n) is 17.8. The van der Waals surface area contributed by atoms with Gasteiger partial charge in [0, 0.05) is 42.6 Å². The normalized spacial score (nSPS) is 21.9. The second-order valence-corrected chi connectivity index (χ2v) is 8.91. The summed E-state index contributed by atoms with van der Waals surface area (Å²) in [5.74, 6) is 0.390. The van der Waals surface area contributed by atoms with E-state index >= 15 is 0 Å². The maximum Gasteiger partial charge on any atom is 0.387 e. The second kappa shape index (κ2) is 8.42. The number of carbonyl (C=O) groups is 1. The largest absolute Gasteiger partial charge is 0.435 e. The van der Waals surface area contributed by atoms with Gasteiger partial charge in [0.05, 0.1) is 11.3 Å². The number of ether oxygens (including phenoxy) is 1. The molecule has 1 aromatic heterocycles. The lowest BCUT2D eigenvalue weighted by molar-refractivity contribution is -0.0498. The average molecular weight is 430 g/mol. The number of rotatable bonds is 7. The molecule has 1 aromatic carbocycles. The van der Waals surface area contributed by atoms with Crippen LogP contribution in [0.2, 0.25) is 0 Å². The van der Waals surface area contributed by atoms with Crippen molar-refractivity contribution < 1.29 is 18.3 Å². The molecule has 4 rings (SSSR count). The highest BCUT2D eigenvalue weighted by Gasteiger charge is 2.35. The maximum atomic E-state index is 13.2. The van der Waals surface area contributed by atoms with Crippen molar-refractivity contribution in [3.8, 4) is 16.9 Å². The van der Waals surface area contributed by atoms with Gasteiger partial charge in [-0.05, 0) is 56.7 Å². The number of amides is 1. The fourth-order valence-electron chi connectivity index (χ4n) is 4.19. The Bertz CT molecular complexity index is 962.